The van der Waals surface area contributed by atoms with E-state index in [0.717, 1.165) is 5.56 Å². The van der Waals surface area contributed by atoms with Gasteiger partial charge in [-0.25, -0.2) is 0 Å². The number of amides is 1. The fourth-order valence-electron chi connectivity index (χ4n) is 2.11. The number of carbonyl (C=O) groups excluding carboxylic acids is 1. The molecule has 0 saturated heterocycles. The van der Waals surface area contributed by atoms with Crippen molar-refractivity contribution in [3.05, 3.63) is 23.8 Å². The molecule has 0 aliphatic carbocycles. The number of halogens is 1. The molecule has 0 saturated carbocycles. The maximum Gasteiger partial charge on any atom is 0.226 e. The lowest BCUT2D eigenvalue weighted by molar-refractivity contribution is -0.130. The lowest BCUT2D eigenvalue weighted by atomic mass is 9.93. The predicted molar refractivity (Wildman–Crippen MR) is 91.0 cm³/mol. The number of likely N-dealkylation sites (N-methyl/N-ethyl adjacent to an activating group) is 1. The number of nitrogens with zero attached hydrogens (tertiary/aromatic N) is 1. The second-order valence-electron chi connectivity index (χ2n) is 5.97. The van der Waals surface area contributed by atoms with E-state index in [9.17, 15) is 4.79 Å². The maximum atomic E-state index is 12.4. The fraction of sp³-hybridized carbons (Fsp3) is 0.562. The highest BCUT2D eigenvalue weighted by Gasteiger charge is 2.22. The Labute approximate surface area is 139 Å². The van der Waals surface area contributed by atoms with Crippen LogP contribution in [0.5, 0.6) is 11.5 Å². The minimum absolute atomic E-state index is 0. The molecule has 0 bridgehead atoms. The molecule has 0 radical (unpaired) electrons. The topological polar surface area (TPSA) is 64.8 Å². The van der Waals surface area contributed by atoms with Gasteiger partial charge >= 0.3 is 0 Å². The van der Waals surface area contributed by atoms with E-state index >= 15 is 0 Å². The molecular formula is C16H27ClN2O3. The third kappa shape index (κ3) is 5.73. The number of methoxy groups -OCH3 is 2. The number of benzene rings is 1. The summed E-state index contributed by atoms with van der Waals surface area (Å²) in [4.78, 5) is 14.1. The Balaban J connectivity index is 0.00000441. The van der Waals surface area contributed by atoms with Crippen molar-refractivity contribution in [3.8, 4) is 11.5 Å². The molecule has 2 N–H and O–H groups in total. The normalized spacial score (nSPS) is 10.6. The molecule has 126 valence electrons. The Morgan fingerprint density at radius 2 is 1.91 bits per heavy atom. The van der Waals surface area contributed by atoms with Gasteiger partial charge in [0.1, 0.15) is 11.5 Å². The van der Waals surface area contributed by atoms with Gasteiger partial charge in [-0.3, -0.25) is 4.79 Å². The summed E-state index contributed by atoms with van der Waals surface area (Å²) in [6.45, 7) is 5.24. The summed E-state index contributed by atoms with van der Waals surface area (Å²) >= 11 is 0. The average molecular weight is 331 g/mol. The van der Waals surface area contributed by atoms with Crippen LogP contribution < -0.4 is 15.2 Å². The van der Waals surface area contributed by atoms with Gasteiger partial charge in [-0.1, -0.05) is 13.8 Å². The second-order valence-corrected chi connectivity index (χ2v) is 5.97. The van der Waals surface area contributed by atoms with Gasteiger partial charge in [0.25, 0.3) is 0 Å². The Kier molecular flexibility index (Phi) is 8.27. The summed E-state index contributed by atoms with van der Waals surface area (Å²) in [5.74, 6) is 1.43. The van der Waals surface area contributed by atoms with Crippen LogP contribution in [-0.4, -0.2) is 45.2 Å². The van der Waals surface area contributed by atoms with E-state index in [-0.39, 0.29) is 30.2 Å². The molecule has 0 fully saturated rings. The highest BCUT2D eigenvalue weighted by molar-refractivity contribution is 5.85. The lowest BCUT2D eigenvalue weighted by Gasteiger charge is -2.29. The molecule has 22 heavy (non-hydrogen) atoms. The van der Waals surface area contributed by atoms with Crippen LogP contribution in [0.25, 0.3) is 0 Å². The van der Waals surface area contributed by atoms with E-state index in [4.69, 9.17) is 15.2 Å². The van der Waals surface area contributed by atoms with Gasteiger partial charge in [0, 0.05) is 19.2 Å². The van der Waals surface area contributed by atoms with E-state index in [1.54, 1.807) is 26.2 Å². The summed E-state index contributed by atoms with van der Waals surface area (Å²) in [5.41, 5.74) is 6.44. The minimum atomic E-state index is -0.0944. The van der Waals surface area contributed by atoms with Crippen LogP contribution in [0.3, 0.4) is 0 Å². The highest BCUT2D eigenvalue weighted by Crippen LogP contribution is 2.25. The highest BCUT2D eigenvalue weighted by atomic mass is 35.5. The molecule has 1 amide bonds. The number of nitrogens with two attached hydrogens (primary N) is 1. The molecule has 1 aromatic rings. The fourth-order valence-corrected chi connectivity index (χ4v) is 2.11. The first kappa shape index (κ1) is 20.5. The van der Waals surface area contributed by atoms with Crippen molar-refractivity contribution >= 4 is 18.3 Å². The van der Waals surface area contributed by atoms with Crippen LogP contribution in [0.2, 0.25) is 0 Å². The van der Waals surface area contributed by atoms with Crippen LogP contribution in [0.15, 0.2) is 18.2 Å². The molecule has 0 unspecified atom stereocenters. The Hall–Kier alpha value is -1.46. The van der Waals surface area contributed by atoms with E-state index in [1.807, 2.05) is 32.0 Å². The smallest absolute Gasteiger partial charge is 0.226 e. The standard InChI is InChI=1S/C16H26N2O3.ClH/c1-16(2,10-17)11-18(3)15(19)9-12-8-13(20-4)6-7-14(12)21-5;/h6-8H,9-11,17H2,1-5H3;1H. The Morgan fingerprint density at radius 1 is 1.27 bits per heavy atom. The molecule has 0 aliphatic heterocycles. The molecule has 0 spiro atoms. The molecule has 0 aromatic heterocycles. The molecular weight excluding hydrogens is 304 g/mol. The van der Waals surface area contributed by atoms with Crippen LogP contribution in [0, 0.1) is 5.41 Å². The van der Waals surface area contributed by atoms with E-state index in [2.05, 4.69) is 0 Å². The van der Waals surface area contributed by atoms with Crippen molar-refractivity contribution in [1.82, 2.24) is 4.90 Å². The SMILES string of the molecule is COc1ccc(OC)c(CC(=O)N(C)CC(C)(C)CN)c1.Cl. The van der Waals surface area contributed by atoms with Gasteiger partial charge in [0.05, 0.1) is 20.6 Å². The van der Waals surface area contributed by atoms with Gasteiger partial charge < -0.3 is 20.1 Å². The zero-order valence-electron chi connectivity index (χ0n) is 14.0. The summed E-state index contributed by atoms with van der Waals surface area (Å²) < 4.78 is 10.5. The lowest BCUT2D eigenvalue weighted by Crippen LogP contribution is -2.40. The van der Waals surface area contributed by atoms with Gasteiger partial charge in [-0.2, -0.15) is 0 Å². The van der Waals surface area contributed by atoms with Crippen LogP contribution >= 0.6 is 12.4 Å². The van der Waals surface area contributed by atoms with Gasteiger partial charge in [0.2, 0.25) is 5.91 Å². The van der Waals surface area contributed by atoms with E-state index in [1.165, 1.54) is 0 Å². The molecule has 1 aromatic carbocycles. The summed E-state index contributed by atoms with van der Waals surface area (Å²) in [5, 5.41) is 0. The van der Waals surface area contributed by atoms with Crippen LogP contribution in [-0.2, 0) is 11.2 Å². The van der Waals surface area contributed by atoms with Crippen molar-refractivity contribution in [3.63, 3.8) is 0 Å². The number of rotatable bonds is 7. The zero-order chi connectivity index (χ0) is 16.0. The van der Waals surface area contributed by atoms with E-state index < -0.39 is 0 Å². The van der Waals surface area contributed by atoms with Crippen LogP contribution in [0.1, 0.15) is 19.4 Å². The second kappa shape index (κ2) is 8.86. The maximum absolute atomic E-state index is 12.4. The average Bonchev–Trinajstić information content (AvgIpc) is 2.46. The molecule has 0 heterocycles. The van der Waals surface area contributed by atoms with E-state index in [0.29, 0.717) is 24.6 Å². The largest absolute Gasteiger partial charge is 0.497 e. The first-order valence-corrected chi connectivity index (χ1v) is 6.98. The van der Waals surface area contributed by atoms with Gasteiger partial charge in [-0.15, -0.1) is 12.4 Å². The number of ether oxygens (including phenoxy) is 2. The van der Waals surface area contributed by atoms with Crippen molar-refractivity contribution in [2.24, 2.45) is 11.1 Å². The molecule has 6 heteroatoms. The van der Waals surface area contributed by atoms with Crippen LogP contribution in [0.4, 0.5) is 0 Å². The molecule has 1 rings (SSSR count). The third-order valence-electron chi connectivity index (χ3n) is 3.47. The number of hydrogen-bond acceptors (Lipinski definition) is 4. The molecule has 0 atom stereocenters. The third-order valence-corrected chi connectivity index (χ3v) is 3.47. The quantitative estimate of drug-likeness (QED) is 0.831. The Bertz CT molecular complexity index is 492. The van der Waals surface area contributed by atoms with Gasteiger partial charge in [-0.05, 0) is 30.2 Å². The monoisotopic (exact) mass is 330 g/mol. The summed E-state index contributed by atoms with van der Waals surface area (Å²) in [7, 11) is 4.99. The van der Waals surface area contributed by atoms with Crippen molar-refractivity contribution in [1.29, 1.82) is 0 Å². The van der Waals surface area contributed by atoms with Crippen molar-refractivity contribution in [2.45, 2.75) is 20.3 Å². The first-order chi connectivity index (χ1) is 9.82. The first-order valence-electron chi connectivity index (χ1n) is 6.98. The van der Waals surface area contributed by atoms with Crippen molar-refractivity contribution < 1.29 is 14.3 Å². The predicted octanol–water partition coefficient (Wildman–Crippen LogP) is 2.11. The van der Waals surface area contributed by atoms with Gasteiger partial charge in [0.15, 0.2) is 0 Å². The van der Waals surface area contributed by atoms with Crippen molar-refractivity contribution in [2.75, 3.05) is 34.4 Å². The zero-order valence-corrected chi connectivity index (χ0v) is 14.8. The molecule has 0 aliphatic rings. The number of carbonyl (C=O) groups is 1. The summed E-state index contributed by atoms with van der Waals surface area (Å²) in [6.07, 6.45) is 0.275. The summed E-state index contributed by atoms with van der Waals surface area (Å²) in [6, 6.07) is 5.46. The number of hydrogen-bond donors (Lipinski definition) is 1. The minimum Gasteiger partial charge on any atom is -0.497 e. The molecule has 5 nitrogen and oxygen atoms in total. The Morgan fingerprint density at radius 3 is 2.41 bits per heavy atom.